The molecule has 3 nitrogen and oxygen atoms in total. The number of hydrogen-bond acceptors (Lipinski definition) is 2. The summed E-state index contributed by atoms with van der Waals surface area (Å²) in [6.07, 6.45) is 1.81. The Hall–Kier alpha value is -1.48. The normalized spacial score (nSPS) is 10.1. The lowest BCUT2D eigenvalue weighted by molar-refractivity contribution is 0.394. The highest BCUT2D eigenvalue weighted by molar-refractivity contribution is 6.32. The van der Waals surface area contributed by atoms with Gasteiger partial charge in [0, 0.05) is 12.3 Å². The van der Waals surface area contributed by atoms with Crippen LogP contribution in [0, 0.1) is 0 Å². The molecule has 0 spiro atoms. The van der Waals surface area contributed by atoms with Crippen LogP contribution in [0.15, 0.2) is 36.5 Å². The highest BCUT2D eigenvalue weighted by Gasteiger charge is 2.03. The first-order valence-corrected chi connectivity index (χ1v) is 4.53. The maximum absolute atomic E-state index is 6.01. The molecule has 0 saturated heterocycles. The Balaban J connectivity index is 2.44. The first kappa shape index (κ1) is 9.09. The van der Waals surface area contributed by atoms with Crippen LogP contribution in [0.5, 0.6) is 5.88 Å². The van der Waals surface area contributed by atoms with Crippen molar-refractivity contribution >= 4 is 11.6 Å². The van der Waals surface area contributed by atoms with Gasteiger partial charge in [-0.25, -0.2) is 4.68 Å². The fraction of sp³-hybridized carbons (Fsp3) is 0.100. The number of hydrogen-bond donors (Lipinski definition) is 0. The van der Waals surface area contributed by atoms with Gasteiger partial charge in [-0.2, -0.15) is 0 Å². The Morgan fingerprint density at radius 2 is 2.07 bits per heavy atom. The van der Waals surface area contributed by atoms with Crippen LogP contribution in [0.25, 0.3) is 5.69 Å². The van der Waals surface area contributed by atoms with Crippen molar-refractivity contribution in [3.63, 3.8) is 0 Å². The summed E-state index contributed by atoms with van der Waals surface area (Å²) >= 11 is 6.01. The first-order chi connectivity index (χ1) is 6.81. The van der Waals surface area contributed by atoms with E-state index >= 15 is 0 Å². The third-order valence-corrected chi connectivity index (χ3v) is 2.19. The second-order valence-electron chi connectivity index (χ2n) is 2.75. The molecule has 0 aliphatic heterocycles. The summed E-state index contributed by atoms with van der Waals surface area (Å²) in [4.78, 5) is 0. The van der Waals surface area contributed by atoms with Crippen molar-refractivity contribution in [2.75, 3.05) is 7.11 Å². The van der Waals surface area contributed by atoms with E-state index in [4.69, 9.17) is 16.3 Å². The molecule has 0 aliphatic carbocycles. The lowest BCUT2D eigenvalue weighted by atomic mass is 10.3. The van der Waals surface area contributed by atoms with Gasteiger partial charge >= 0.3 is 0 Å². The molecule has 0 bridgehead atoms. The summed E-state index contributed by atoms with van der Waals surface area (Å²) in [5.41, 5.74) is 0.845. The third kappa shape index (κ3) is 1.59. The molecule has 72 valence electrons. The smallest absolute Gasteiger partial charge is 0.232 e. The van der Waals surface area contributed by atoms with Crippen molar-refractivity contribution in [3.05, 3.63) is 41.6 Å². The van der Waals surface area contributed by atoms with Crippen molar-refractivity contribution in [1.82, 2.24) is 9.78 Å². The quantitative estimate of drug-likeness (QED) is 0.759. The zero-order chi connectivity index (χ0) is 9.97. The van der Waals surface area contributed by atoms with Gasteiger partial charge in [0.05, 0.1) is 17.8 Å². The van der Waals surface area contributed by atoms with Gasteiger partial charge in [0.1, 0.15) is 0 Å². The minimum atomic E-state index is 0.574. The number of benzene rings is 1. The second-order valence-corrected chi connectivity index (χ2v) is 3.16. The van der Waals surface area contributed by atoms with Gasteiger partial charge in [-0.1, -0.05) is 23.7 Å². The van der Waals surface area contributed by atoms with Crippen molar-refractivity contribution in [2.24, 2.45) is 0 Å². The largest absolute Gasteiger partial charge is 0.480 e. The molecule has 0 fully saturated rings. The van der Waals surface area contributed by atoms with Crippen LogP contribution < -0.4 is 4.74 Å². The number of aromatic nitrogens is 2. The predicted molar refractivity (Wildman–Crippen MR) is 55.1 cm³/mol. The van der Waals surface area contributed by atoms with E-state index in [2.05, 4.69) is 5.10 Å². The number of methoxy groups -OCH3 is 1. The fourth-order valence-electron chi connectivity index (χ4n) is 1.19. The van der Waals surface area contributed by atoms with E-state index in [-0.39, 0.29) is 0 Å². The van der Waals surface area contributed by atoms with E-state index in [9.17, 15) is 0 Å². The maximum Gasteiger partial charge on any atom is 0.232 e. The van der Waals surface area contributed by atoms with Crippen molar-refractivity contribution in [2.45, 2.75) is 0 Å². The van der Waals surface area contributed by atoms with Crippen LogP contribution in [0.2, 0.25) is 5.02 Å². The topological polar surface area (TPSA) is 27.1 Å². The molecule has 0 saturated carbocycles. The Bertz CT molecular complexity index is 439. The number of ether oxygens (including phenoxy) is 1. The molecule has 0 radical (unpaired) electrons. The van der Waals surface area contributed by atoms with Gasteiger partial charge in [-0.3, -0.25) is 0 Å². The molecule has 1 heterocycles. The van der Waals surface area contributed by atoms with Crippen LogP contribution in [0.4, 0.5) is 0 Å². The number of para-hydroxylation sites is 1. The molecular weight excluding hydrogens is 200 g/mol. The lowest BCUT2D eigenvalue weighted by Crippen LogP contribution is -1.95. The predicted octanol–water partition coefficient (Wildman–Crippen LogP) is 2.53. The molecule has 1 aromatic heterocycles. The summed E-state index contributed by atoms with van der Waals surface area (Å²) < 4.78 is 6.66. The first-order valence-electron chi connectivity index (χ1n) is 4.16. The van der Waals surface area contributed by atoms with E-state index in [0.717, 1.165) is 5.69 Å². The third-order valence-electron chi connectivity index (χ3n) is 1.87. The molecule has 0 N–H and O–H groups in total. The summed E-state index contributed by atoms with van der Waals surface area (Å²) in [5.74, 6) is 0.574. The van der Waals surface area contributed by atoms with E-state index in [1.165, 1.54) is 0 Å². The molecule has 0 amide bonds. The van der Waals surface area contributed by atoms with Gasteiger partial charge in [-0.05, 0) is 12.1 Å². The molecule has 0 atom stereocenters. The van der Waals surface area contributed by atoms with E-state index in [0.29, 0.717) is 10.9 Å². The molecular formula is C10H9ClN2O. The maximum atomic E-state index is 6.01. The summed E-state index contributed by atoms with van der Waals surface area (Å²) in [6.45, 7) is 0. The second kappa shape index (κ2) is 3.72. The average molecular weight is 209 g/mol. The van der Waals surface area contributed by atoms with Crippen LogP contribution >= 0.6 is 11.6 Å². The highest BCUT2D eigenvalue weighted by Crippen LogP contribution is 2.20. The molecule has 2 aromatic rings. The van der Waals surface area contributed by atoms with Crippen LogP contribution in [-0.4, -0.2) is 16.9 Å². The summed E-state index contributed by atoms with van der Waals surface area (Å²) in [5, 5.41) is 4.83. The Morgan fingerprint density at radius 1 is 1.29 bits per heavy atom. The Morgan fingerprint density at radius 3 is 2.71 bits per heavy atom. The van der Waals surface area contributed by atoms with Gasteiger partial charge < -0.3 is 4.74 Å². The molecule has 14 heavy (non-hydrogen) atoms. The Labute approximate surface area is 86.9 Å². The lowest BCUT2D eigenvalue weighted by Gasteiger charge is -2.02. The van der Waals surface area contributed by atoms with Crippen LogP contribution in [0.3, 0.4) is 0 Å². The van der Waals surface area contributed by atoms with Gasteiger partial charge in [0.2, 0.25) is 5.88 Å². The SMILES string of the molecule is COc1ccn(-c2ccccc2Cl)n1. The number of nitrogens with zero attached hydrogens (tertiary/aromatic N) is 2. The van der Waals surface area contributed by atoms with Crippen molar-refractivity contribution in [3.8, 4) is 11.6 Å². The van der Waals surface area contributed by atoms with Crippen molar-refractivity contribution < 1.29 is 4.74 Å². The van der Waals surface area contributed by atoms with Gasteiger partial charge in [-0.15, -0.1) is 5.10 Å². The van der Waals surface area contributed by atoms with Crippen LogP contribution in [-0.2, 0) is 0 Å². The van der Waals surface area contributed by atoms with E-state index in [1.54, 1.807) is 24.1 Å². The van der Waals surface area contributed by atoms with Crippen LogP contribution in [0.1, 0.15) is 0 Å². The zero-order valence-corrected chi connectivity index (χ0v) is 8.40. The van der Waals surface area contributed by atoms with E-state index < -0.39 is 0 Å². The zero-order valence-electron chi connectivity index (χ0n) is 7.64. The average Bonchev–Trinajstić information content (AvgIpc) is 2.67. The van der Waals surface area contributed by atoms with E-state index in [1.807, 2.05) is 24.3 Å². The van der Waals surface area contributed by atoms with Gasteiger partial charge in [0.15, 0.2) is 0 Å². The van der Waals surface area contributed by atoms with Gasteiger partial charge in [0.25, 0.3) is 0 Å². The van der Waals surface area contributed by atoms with Crippen molar-refractivity contribution in [1.29, 1.82) is 0 Å². The highest BCUT2D eigenvalue weighted by atomic mass is 35.5. The Kier molecular flexibility index (Phi) is 2.41. The minimum absolute atomic E-state index is 0.574. The number of halogens is 1. The molecule has 2 rings (SSSR count). The summed E-state index contributed by atoms with van der Waals surface area (Å²) in [7, 11) is 1.58. The standard InChI is InChI=1S/C10H9ClN2O/c1-14-10-6-7-13(12-10)9-5-3-2-4-8(9)11/h2-7H,1H3. The summed E-state index contributed by atoms with van der Waals surface area (Å²) in [6, 6.07) is 9.30. The minimum Gasteiger partial charge on any atom is -0.480 e. The monoisotopic (exact) mass is 208 g/mol. The number of rotatable bonds is 2. The molecule has 0 aliphatic rings. The fourth-order valence-corrected chi connectivity index (χ4v) is 1.41. The molecule has 4 heteroatoms. The molecule has 0 unspecified atom stereocenters. The molecule has 1 aromatic carbocycles.